The molecule has 0 fully saturated rings. The predicted molar refractivity (Wildman–Crippen MR) is 93.7 cm³/mol. The quantitative estimate of drug-likeness (QED) is 0.776. The van der Waals surface area contributed by atoms with Crippen LogP contribution < -0.4 is 5.32 Å². The molecule has 3 aromatic rings. The summed E-state index contributed by atoms with van der Waals surface area (Å²) in [4.78, 5) is 18.0. The molecule has 0 bridgehead atoms. The van der Waals surface area contributed by atoms with Crippen molar-refractivity contribution in [3.8, 4) is 11.3 Å². The lowest BCUT2D eigenvalue weighted by atomic mass is 9.94. The Hall–Kier alpha value is -2.53. The number of nitrogens with zero attached hydrogens (tertiary/aromatic N) is 1. The molecule has 1 N–H and O–H groups in total. The second-order valence-corrected chi connectivity index (χ2v) is 6.88. The minimum Gasteiger partial charge on any atom is -0.302 e. The van der Waals surface area contributed by atoms with Crippen LogP contribution >= 0.6 is 11.3 Å². The smallest absolute Gasteiger partial charge is 0.230 e. The molecule has 4 rings (SSSR count). The number of carbonyl (C=O) groups is 1. The number of thiazole rings is 1. The molecular weight excluding hydrogens is 323 g/mol. The Labute approximate surface area is 143 Å². The Morgan fingerprint density at radius 3 is 2.75 bits per heavy atom. The largest absolute Gasteiger partial charge is 0.302 e. The van der Waals surface area contributed by atoms with Crippen molar-refractivity contribution < 1.29 is 9.18 Å². The third-order valence-corrected chi connectivity index (χ3v) is 5.15. The number of anilines is 1. The van der Waals surface area contributed by atoms with Crippen LogP contribution in [0.25, 0.3) is 11.3 Å². The maximum Gasteiger partial charge on any atom is 0.230 e. The van der Waals surface area contributed by atoms with E-state index in [9.17, 15) is 9.18 Å². The number of hydrogen-bond donors (Lipinski definition) is 1. The van der Waals surface area contributed by atoms with E-state index in [-0.39, 0.29) is 18.1 Å². The highest BCUT2D eigenvalue weighted by Crippen LogP contribution is 2.37. The zero-order valence-electron chi connectivity index (χ0n) is 12.9. The van der Waals surface area contributed by atoms with Crippen molar-refractivity contribution in [2.45, 2.75) is 19.3 Å². The van der Waals surface area contributed by atoms with Crippen LogP contribution in [0, 0.1) is 5.82 Å². The molecule has 0 aliphatic heterocycles. The second kappa shape index (κ2) is 6.17. The minimum atomic E-state index is -0.301. The van der Waals surface area contributed by atoms with Crippen LogP contribution in [0.5, 0.6) is 0 Å². The van der Waals surface area contributed by atoms with Crippen LogP contribution in [0.3, 0.4) is 0 Å². The summed E-state index contributed by atoms with van der Waals surface area (Å²) in [6.07, 6.45) is 2.17. The molecule has 0 unspecified atom stereocenters. The Balaban J connectivity index is 1.51. The van der Waals surface area contributed by atoms with Crippen LogP contribution in [0.4, 0.5) is 9.52 Å². The highest BCUT2D eigenvalue weighted by Gasteiger charge is 2.21. The molecule has 1 aromatic heterocycles. The van der Waals surface area contributed by atoms with Crippen LogP contribution in [-0.4, -0.2) is 10.9 Å². The molecule has 0 atom stereocenters. The van der Waals surface area contributed by atoms with Gasteiger partial charge in [0, 0.05) is 10.4 Å². The van der Waals surface area contributed by atoms with Crippen molar-refractivity contribution in [2.75, 3.05) is 5.32 Å². The molecule has 1 aliphatic rings. The van der Waals surface area contributed by atoms with Gasteiger partial charge in [0.15, 0.2) is 5.13 Å². The van der Waals surface area contributed by atoms with Crippen molar-refractivity contribution in [1.29, 1.82) is 0 Å². The Bertz CT molecular complexity index is 902. The van der Waals surface area contributed by atoms with Gasteiger partial charge < -0.3 is 5.32 Å². The van der Waals surface area contributed by atoms with E-state index < -0.39 is 0 Å². The average molecular weight is 338 g/mol. The van der Waals surface area contributed by atoms with E-state index in [1.165, 1.54) is 33.9 Å². The van der Waals surface area contributed by atoms with Gasteiger partial charge >= 0.3 is 0 Å². The summed E-state index contributed by atoms with van der Waals surface area (Å²) in [5.74, 6) is -0.439. The van der Waals surface area contributed by atoms with Gasteiger partial charge in [-0.15, -0.1) is 11.3 Å². The number of hydrogen-bond acceptors (Lipinski definition) is 3. The van der Waals surface area contributed by atoms with Crippen LogP contribution in [0.1, 0.15) is 16.0 Å². The Morgan fingerprint density at radius 2 is 1.92 bits per heavy atom. The predicted octanol–water partition coefficient (Wildman–Crippen LogP) is 4.23. The minimum absolute atomic E-state index is 0.138. The third kappa shape index (κ3) is 2.95. The number of aryl methyl sites for hydroxylation is 2. The molecule has 24 heavy (non-hydrogen) atoms. The summed E-state index contributed by atoms with van der Waals surface area (Å²) < 4.78 is 12.9. The summed E-state index contributed by atoms with van der Waals surface area (Å²) in [6, 6.07) is 14.2. The maximum atomic E-state index is 12.9. The van der Waals surface area contributed by atoms with Crippen molar-refractivity contribution >= 4 is 22.4 Å². The van der Waals surface area contributed by atoms with E-state index in [4.69, 9.17) is 0 Å². The van der Waals surface area contributed by atoms with E-state index in [2.05, 4.69) is 22.4 Å². The van der Waals surface area contributed by atoms with Crippen molar-refractivity contribution in [2.24, 2.45) is 0 Å². The van der Waals surface area contributed by atoms with Gasteiger partial charge in [-0.25, -0.2) is 9.37 Å². The number of fused-ring (bicyclic) bond motifs is 3. The molecule has 1 amide bonds. The second-order valence-electron chi connectivity index (χ2n) is 5.80. The number of carbonyl (C=O) groups excluding carboxylic acids is 1. The molecule has 1 heterocycles. The lowest BCUT2D eigenvalue weighted by Gasteiger charge is -2.13. The molecule has 0 spiro atoms. The molecular formula is C19H15FN2OS. The van der Waals surface area contributed by atoms with Crippen LogP contribution in [0.2, 0.25) is 0 Å². The number of benzene rings is 2. The van der Waals surface area contributed by atoms with Crippen LogP contribution in [0.15, 0.2) is 48.5 Å². The fourth-order valence-electron chi connectivity index (χ4n) is 2.95. The summed E-state index contributed by atoms with van der Waals surface area (Å²) in [5.41, 5.74) is 4.23. The van der Waals surface area contributed by atoms with E-state index in [1.807, 2.05) is 12.1 Å². The van der Waals surface area contributed by atoms with E-state index in [0.29, 0.717) is 5.13 Å². The van der Waals surface area contributed by atoms with Crippen molar-refractivity contribution in [3.63, 3.8) is 0 Å². The molecule has 120 valence electrons. The van der Waals surface area contributed by atoms with E-state index in [1.54, 1.807) is 12.1 Å². The first-order chi connectivity index (χ1) is 11.7. The van der Waals surface area contributed by atoms with Gasteiger partial charge in [-0.05, 0) is 36.1 Å². The average Bonchev–Trinajstić information content (AvgIpc) is 2.99. The van der Waals surface area contributed by atoms with Gasteiger partial charge in [0.1, 0.15) is 5.82 Å². The molecule has 0 saturated heterocycles. The van der Waals surface area contributed by atoms with Gasteiger partial charge in [-0.3, -0.25) is 4.79 Å². The topological polar surface area (TPSA) is 42.0 Å². The van der Waals surface area contributed by atoms with E-state index >= 15 is 0 Å². The molecule has 2 aromatic carbocycles. The van der Waals surface area contributed by atoms with Crippen molar-refractivity contribution in [1.82, 2.24) is 4.98 Å². The Kier molecular flexibility index (Phi) is 3.86. The summed E-state index contributed by atoms with van der Waals surface area (Å²) in [6.45, 7) is 0. The fourth-order valence-corrected chi connectivity index (χ4v) is 3.95. The first kappa shape index (κ1) is 15.0. The zero-order chi connectivity index (χ0) is 16.5. The van der Waals surface area contributed by atoms with Crippen LogP contribution in [-0.2, 0) is 24.1 Å². The monoisotopic (exact) mass is 338 g/mol. The third-order valence-electron chi connectivity index (χ3n) is 4.12. The van der Waals surface area contributed by atoms with Gasteiger partial charge in [0.25, 0.3) is 0 Å². The summed E-state index contributed by atoms with van der Waals surface area (Å²) in [7, 11) is 0. The number of amides is 1. The highest BCUT2D eigenvalue weighted by atomic mass is 32.1. The summed E-state index contributed by atoms with van der Waals surface area (Å²) >= 11 is 1.54. The molecule has 0 radical (unpaired) electrons. The zero-order valence-corrected chi connectivity index (χ0v) is 13.7. The lowest BCUT2D eigenvalue weighted by Crippen LogP contribution is -2.14. The number of halogens is 1. The standard InChI is InChI=1S/C19H15FN2OS/c20-14-8-5-12(6-9-14)11-17(23)21-19-22-18-15-4-2-1-3-13(15)7-10-16(18)24-19/h1-6,8-9H,7,10-11H2,(H,21,22,23). The normalized spacial score (nSPS) is 12.4. The lowest BCUT2D eigenvalue weighted by molar-refractivity contribution is -0.115. The Morgan fingerprint density at radius 1 is 1.12 bits per heavy atom. The molecule has 1 aliphatic carbocycles. The number of rotatable bonds is 3. The molecule has 0 saturated carbocycles. The number of nitrogens with one attached hydrogen (secondary N) is 1. The first-order valence-electron chi connectivity index (χ1n) is 7.81. The molecule has 5 heteroatoms. The fraction of sp³-hybridized carbons (Fsp3) is 0.158. The van der Waals surface area contributed by atoms with Gasteiger partial charge in [0.05, 0.1) is 12.1 Å². The van der Waals surface area contributed by atoms with Crippen molar-refractivity contribution in [3.05, 3.63) is 70.4 Å². The summed E-state index contributed by atoms with van der Waals surface area (Å²) in [5, 5.41) is 3.50. The maximum absolute atomic E-state index is 12.9. The molecule has 3 nitrogen and oxygen atoms in total. The highest BCUT2D eigenvalue weighted by molar-refractivity contribution is 7.16. The SMILES string of the molecule is O=C(Cc1ccc(F)cc1)Nc1nc2c(s1)CCc1ccccc1-2. The van der Waals surface area contributed by atoms with Gasteiger partial charge in [0.2, 0.25) is 5.91 Å². The van der Waals surface area contributed by atoms with E-state index in [0.717, 1.165) is 29.7 Å². The number of aromatic nitrogens is 1. The van der Waals surface area contributed by atoms with Gasteiger partial charge in [-0.2, -0.15) is 0 Å². The first-order valence-corrected chi connectivity index (χ1v) is 8.63. The van der Waals surface area contributed by atoms with Gasteiger partial charge in [-0.1, -0.05) is 36.4 Å².